The van der Waals surface area contributed by atoms with Gasteiger partial charge in [0.25, 0.3) is 0 Å². The number of hydrogen-bond donors (Lipinski definition) is 0. The van der Waals surface area contributed by atoms with Gasteiger partial charge in [0.2, 0.25) is 5.91 Å². The maximum absolute atomic E-state index is 12.8. The number of anilines is 1. The van der Waals surface area contributed by atoms with E-state index in [1.165, 1.54) is 16.7 Å². The zero-order chi connectivity index (χ0) is 21.3. The van der Waals surface area contributed by atoms with Crippen LogP contribution in [0.5, 0.6) is 5.75 Å². The molecule has 8 heteroatoms. The Hall–Kier alpha value is -3.57. The molecule has 1 aromatic heterocycles. The summed E-state index contributed by atoms with van der Waals surface area (Å²) in [5.41, 5.74) is 1.50. The summed E-state index contributed by atoms with van der Waals surface area (Å²) in [7, 11) is 1.61. The van der Waals surface area contributed by atoms with Gasteiger partial charge in [0.15, 0.2) is 11.0 Å². The molecule has 0 aliphatic carbocycles. The highest BCUT2D eigenvalue weighted by Gasteiger charge is 2.20. The largest absolute Gasteiger partial charge is 0.496 e. The molecule has 0 fully saturated rings. The molecule has 0 saturated heterocycles. The van der Waals surface area contributed by atoms with E-state index in [-0.39, 0.29) is 18.2 Å². The van der Waals surface area contributed by atoms with Crippen LogP contribution < -0.4 is 9.64 Å². The number of nitriles is 1. The fourth-order valence-corrected chi connectivity index (χ4v) is 3.75. The number of aromatic nitrogens is 3. The van der Waals surface area contributed by atoms with Crippen molar-refractivity contribution >= 4 is 23.4 Å². The number of thioether (sulfide) groups is 1. The van der Waals surface area contributed by atoms with Crippen LogP contribution in [0.25, 0.3) is 11.4 Å². The minimum absolute atomic E-state index is 0.0186. The Kier molecular flexibility index (Phi) is 7.24. The molecule has 2 aromatic carbocycles. The van der Waals surface area contributed by atoms with Crippen molar-refractivity contribution in [3.8, 4) is 23.2 Å². The number of benzene rings is 2. The van der Waals surface area contributed by atoms with Crippen LogP contribution in [0.15, 0.2) is 72.4 Å². The lowest BCUT2D eigenvalue weighted by molar-refractivity contribution is -0.116. The van der Waals surface area contributed by atoms with Gasteiger partial charge in [-0.3, -0.25) is 14.3 Å². The predicted octanol–water partition coefficient (Wildman–Crippen LogP) is 3.79. The molecule has 1 heterocycles. The molecule has 0 bridgehead atoms. The lowest BCUT2D eigenvalue weighted by atomic mass is 10.2. The van der Waals surface area contributed by atoms with Crippen LogP contribution in [0.2, 0.25) is 0 Å². The Bertz CT molecular complexity index is 1060. The van der Waals surface area contributed by atoms with Gasteiger partial charge in [0.05, 0.1) is 24.5 Å². The summed E-state index contributed by atoms with van der Waals surface area (Å²) in [6.45, 7) is 4.28. The van der Waals surface area contributed by atoms with E-state index < -0.39 is 0 Å². The van der Waals surface area contributed by atoms with E-state index in [0.717, 1.165) is 5.56 Å². The average molecular weight is 420 g/mol. The number of nitrogens with zero attached hydrogens (tertiary/aromatic N) is 5. The molecule has 0 atom stereocenters. The monoisotopic (exact) mass is 419 g/mol. The van der Waals surface area contributed by atoms with Gasteiger partial charge in [0, 0.05) is 12.2 Å². The number of ether oxygens (including phenoxy) is 1. The van der Waals surface area contributed by atoms with E-state index in [1.54, 1.807) is 25.3 Å². The number of carbonyl (C=O) groups is 1. The Balaban J connectivity index is 1.83. The Morgan fingerprint density at radius 2 is 1.97 bits per heavy atom. The van der Waals surface area contributed by atoms with E-state index in [2.05, 4.69) is 22.8 Å². The molecule has 0 aliphatic heterocycles. The van der Waals surface area contributed by atoms with E-state index in [0.29, 0.717) is 29.0 Å². The highest BCUT2D eigenvalue weighted by Crippen LogP contribution is 2.31. The van der Waals surface area contributed by atoms with Gasteiger partial charge in [-0.1, -0.05) is 48.2 Å². The summed E-state index contributed by atoms with van der Waals surface area (Å²) in [4.78, 5) is 14.3. The lowest BCUT2D eigenvalue weighted by Crippen LogP contribution is -2.32. The summed E-state index contributed by atoms with van der Waals surface area (Å²) >= 11 is 1.27. The van der Waals surface area contributed by atoms with Crippen molar-refractivity contribution in [1.29, 1.82) is 5.26 Å². The second-order valence-electron chi connectivity index (χ2n) is 6.17. The van der Waals surface area contributed by atoms with Gasteiger partial charge < -0.3 is 4.74 Å². The maximum Gasteiger partial charge on any atom is 0.238 e. The summed E-state index contributed by atoms with van der Waals surface area (Å²) in [5, 5.41) is 18.3. The van der Waals surface area contributed by atoms with Gasteiger partial charge in [-0.25, -0.2) is 0 Å². The molecule has 3 aromatic rings. The molecule has 0 N–H and O–H groups in total. The minimum Gasteiger partial charge on any atom is -0.496 e. The molecule has 30 heavy (non-hydrogen) atoms. The van der Waals surface area contributed by atoms with E-state index in [1.807, 2.05) is 47.0 Å². The van der Waals surface area contributed by atoms with Crippen LogP contribution >= 0.6 is 11.8 Å². The summed E-state index contributed by atoms with van der Waals surface area (Å²) in [6, 6.07) is 18.8. The standard InChI is InChI=1S/C22H21N5O2S/c1-3-14-27-21(18-11-7-8-12-19(18)29-2)24-25-22(27)30-16-20(28)26(15-13-23)17-9-5-4-6-10-17/h3-12H,1,14-16H2,2H3. The Morgan fingerprint density at radius 1 is 1.23 bits per heavy atom. The number of carbonyl (C=O) groups excluding carboxylic acids is 1. The van der Waals surface area contributed by atoms with E-state index in [4.69, 9.17) is 10.00 Å². The molecule has 3 rings (SSSR count). The second-order valence-corrected chi connectivity index (χ2v) is 7.11. The third-order valence-electron chi connectivity index (χ3n) is 4.30. The van der Waals surface area contributed by atoms with Crippen molar-refractivity contribution in [2.75, 3.05) is 24.3 Å². The molecule has 0 unspecified atom stereocenters. The third-order valence-corrected chi connectivity index (χ3v) is 5.25. The first-order valence-corrected chi connectivity index (χ1v) is 10.2. The van der Waals surface area contributed by atoms with Crippen molar-refractivity contribution in [2.24, 2.45) is 0 Å². The smallest absolute Gasteiger partial charge is 0.238 e. The quantitative estimate of drug-likeness (QED) is 0.298. The molecule has 0 aliphatic rings. The highest BCUT2D eigenvalue weighted by atomic mass is 32.2. The number of rotatable bonds is 9. The Labute approximate surface area is 179 Å². The van der Waals surface area contributed by atoms with Crippen molar-refractivity contribution in [1.82, 2.24) is 14.8 Å². The number of methoxy groups -OCH3 is 1. The number of hydrogen-bond acceptors (Lipinski definition) is 6. The molecule has 0 spiro atoms. The van der Waals surface area contributed by atoms with Crippen LogP contribution in [0.4, 0.5) is 5.69 Å². The molecule has 0 saturated carbocycles. The van der Waals surface area contributed by atoms with E-state index >= 15 is 0 Å². The molecule has 7 nitrogen and oxygen atoms in total. The average Bonchev–Trinajstić information content (AvgIpc) is 3.19. The van der Waals surface area contributed by atoms with Crippen molar-refractivity contribution in [3.63, 3.8) is 0 Å². The van der Waals surface area contributed by atoms with Crippen LogP contribution in [0.1, 0.15) is 0 Å². The maximum atomic E-state index is 12.8. The Morgan fingerprint density at radius 3 is 2.67 bits per heavy atom. The summed E-state index contributed by atoms with van der Waals surface area (Å²) in [6.07, 6.45) is 1.75. The normalized spacial score (nSPS) is 10.3. The zero-order valence-electron chi connectivity index (χ0n) is 16.6. The molecule has 1 amide bonds. The van der Waals surface area contributed by atoms with Gasteiger partial charge in [0.1, 0.15) is 12.3 Å². The number of amides is 1. The molecular formula is C22H21N5O2S. The second kappa shape index (κ2) is 10.3. The number of allylic oxidation sites excluding steroid dienone is 1. The first-order chi connectivity index (χ1) is 14.7. The fourth-order valence-electron chi connectivity index (χ4n) is 2.92. The van der Waals surface area contributed by atoms with Crippen LogP contribution in [-0.4, -0.2) is 40.1 Å². The first-order valence-electron chi connectivity index (χ1n) is 9.22. The van der Waals surface area contributed by atoms with Crippen LogP contribution in [-0.2, 0) is 11.3 Å². The molecular weight excluding hydrogens is 398 g/mol. The van der Waals surface area contributed by atoms with Crippen molar-refractivity contribution in [2.45, 2.75) is 11.7 Å². The zero-order valence-corrected chi connectivity index (χ0v) is 17.4. The molecule has 152 valence electrons. The first kappa shape index (κ1) is 21.1. The number of para-hydroxylation sites is 2. The van der Waals surface area contributed by atoms with Gasteiger partial charge >= 0.3 is 0 Å². The summed E-state index contributed by atoms with van der Waals surface area (Å²) in [5.74, 6) is 1.27. The van der Waals surface area contributed by atoms with Crippen LogP contribution in [0, 0.1) is 11.3 Å². The van der Waals surface area contributed by atoms with Crippen molar-refractivity contribution < 1.29 is 9.53 Å². The minimum atomic E-state index is -0.181. The highest BCUT2D eigenvalue weighted by molar-refractivity contribution is 7.99. The van der Waals surface area contributed by atoms with Gasteiger partial charge in [-0.05, 0) is 24.3 Å². The van der Waals surface area contributed by atoms with Crippen LogP contribution in [0.3, 0.4) is 0 Å². The van der Waals surface area contributed by atoms with Gasteiger partial charge in [-0.15, -0.1) is 16.8 Å². The summed E-state index contributed by atoms with van der Waals surface area (Å²) < 4.78 is 7.33. The predicted molar refractivity (Wildman–Crippen MR) is 117 cm³/mol. The topological polar surface area (TPSA) is 84.0 Å². The molecule has 0 radical (unpaired) electrons. The SMILES string of the molecule is C=CCn1c(SCC(=O)N(CC#N)c2ccccc2)nnc1-c1ccccc1OC. The fraction of sp³-hybridized carbons (Fsp3) is 0.182. The van der Waals surface area contributed by atoms with Crippen molar-refractivity contribution in [3.05, 3.63) is 67.3 Å². The third kappa shape index (κ3) is 4.70. The van der Waals surface area contributed by atoms with E-state index in [9.17, 15) is 4.79 Å². The lowest BCUT2D eigenvalue weighted by Gasteiger charge is -2.19. The van der Waals surface area contributed by atoms with Gasteiger partial charge in [-0.2, -0.15) is 5.26 Å².